The molecule has 0 aliphatic carbocycles. The van der Waals surface area contributed by atoms with Crippen LogP contribution in [0.1, 0.15) is 12.3 Å². The molecule has 0 unspecified atom stereocenters. The molecular formula is C19H22Cl2N4O3. The van der Waals surface area contributed by atoms with Gasteiger partial charge in [-0.25, -0.2) is 4.98 Å². The number of benzene rings is 1. The second-order valence-corrected chi connectivity index (χ2v) is 7.42. The molecule has 9 heteroatoms. The number of nitrogens with one attached hydrogen (secondary N) is 1. The highest BCUT2D eigenvalue weighted by Crippen LogP contribution is 2.30. The standard InChI is InChI=1S/C19H22Cl2N4O3/c1-22-17(26)12-24-6-8-25(9-7-24)19(27)5-4-18-23-11-16(28-18)14-3-2-13(20)10-15(14)21/h2-3,10-11H,4-9,12H2,1H3,(H,22,26). The first kappa shape index (κ1) is 20.6. The Morgan fingerprint density at radius 2 is 1.96 bits per heavy atom. The molecule has 3 rings (SSSR count). The maximum atomic E-state index is 12.4. The second kappa shape index (κ2) is 9.41. The van der Waals surface area contributed by atoms with Crippen molar-refractivity contribution in [1.82, 2.24) is 20.1 Å². The third kappa shape index (κ3) is 5.25. The Morgan fingerprint density at radius 1 is 1.21 bits per heavy atom. The summed E-state index contributed by atoms with van der Waals surface area (Å²) < 4.78 is 5.74. The normalized spacial score (nSPS) is 14.9. The number of piperazine rings is 1. The summed E-state index contributed by atoms with van der Waals surface area (Å²) in [5.41, 5.74) is 0.711. The van der Waals surface area contributed by atoms with Crippen molar-refractivity contribution in [3.05, 3.63) is 40.3 Å². The predicted molar refractivity (Wildman–Crippen MR) is 107 cm³/mol. The fraction of sp³-hybridized carbons (Fsp3) is 0.421. The van der Waals surface area contributed by atoms with Crippen LogP contribution in [0.25, 0.3) is 11.3 Å². The monoisotopic (exact) mass is 424 g/mol. The fourth-order valence-electron chi connectivity index (χ4n) is 3.05. The van der Waals surface area contributed by atoms with Gasteiger partial charge < -0.3 is 14.6 Å². The minimum Gasteiger partial charge on any atom is -0.441 e. The quantitative estimate of drug-likeness (QED) is 0.770. The molecule has 0 spiro atoms. The number of likely N-dealkylation sites (N-methyl/N-ethyl adjacent to an activating group) is 1. The van der Waals surface area contributed by atoms with E-state index in [9.17, 15) is 9.59 Å². The highest BCUT2D eigenvalue weighted by atomic mass is 35.5. The van der Waals surface area contributed by atoms with E-state index in [1.54, 1.807) is 31.4 Å². The smallest absolute Gasteiger partial charge is 0.233 e. The van der Waals surface area contributed by atoms with Gasteiger partial charge in [0.05, 0.1) is 17.8 Å². The van der Waals surface area contributed by atoms with Crippen molar-refractivity contribution in [3.8, 4) is 11.3 Å². The van der Waals surface area contributed by atoms with Crippen LogP contribution in [0.5, 0.6) is 0 Å². The van der Waals surface area contributed by atoms with Crippen LogP contribution >= 0.6 is 23.2 Å². The van der Waals surface area contributed by atoms with E-state index in [0.717, 1.165) is 0 Å². The molecule has 150 valence electrons. The molecule has 1 N–H and O–H groups in total. The number of carbonyl (C=O) groups is 2. The van der Waals surface area contributed by atoms with Crippen molar-refractivity contribution in [3.63, 3.8) is 0 Å². The first-order valence-corrected chi connectivity index (χ1v) is 9.82. The third-order valence-corrected chi connectivity index (χ3v) is 5.22. The highest BCUT2D eigenvalue weighted by molar-refractivity contribution is 6.36. The molecule has 0 bridgehead atoms. The minimum atomic E-state index is -0.0136. The van der Waals surface area contributed by atoms with Gasteiger partial charge in [0.25, 0.3) is 0 Å². The number of nitrogens with zero attached hydrogens (tertiary/aromatic N) is 3. The average molecular weight is 425 g/mol. The molecule has 2 aromatic rings. The lowest BCUT2D eigenvalue weighted by molar-refractivity contribution is -0.133. The lowest BCUT2D eigenvalue weighted by atomic mass is 10.2. The second-order valence-electron chi connectivity index (χ2n) is 6.57. The van der Waals surface area contributed by atoms with E-state index < -0.39 is 0 Å². The molecule has 7 nitrogen and oxygen atoms in total. The van der Waals surface area contributed by atoms with Gasteiger partial charge in [0.2, 0.25) is 11.8 Å². The van der Waals surface area contributed by atoms with Gasteiger partial charge >= 0.3 is 0 Å². The summed E-state index contributed by atoms with van der Waals surface area (Å²) in [7, 11) is 1.62. The molecule has 1 saturated heterocycles. The Bertz CT molecular complexity index is 847. The Balaban J connectivity index is 1.49. The number of halogens is 2. The zero-order chi connectivity index (χ0) is 20.1. The van der Waals surface area contributed by atoms with Crippen molar-refractivity contribution in [2.75, 3.05) is 39.8 Å². The van der Waals surface area contributed by atoms with Gasteiger partial charge in [-0.3, -0.25) is 14.5 Å². The van der Waals surface area contributed by atoms with Gasteiger partial charge in [-0.1, -0.05) is 23.2 Å². The third-order valence-electron chi connectivity index (χ3n) is 4.67. The molecule has 1 aromatic heterocycles. The summed E-state index contributed by atoms with van der Waals surface area (Å²) in [5, 5.41) is 3.65. The van der Waals surface area contributed by atoms with Crippen LogP contribution in [0.3, 0.4) is 0 Å². The highest BCUT2D eigenvalue weighted by Gasteiger charge is 2.22. The van der Waals surface area contributed by atoms with Gasteiger partial charge in [0.1, 0.15) is 0 Å². The lowest BCUT2D eigenvalue weighted by Crippen LogP contribution is -2.50. The maximum Gasteiger partial charge on any atom is 0.233 e. The van der Waals surface area contributed by atoms with Gasteiger partial charge in [0.15, 0.2) is 11.7 Å². The van der Waals surface area contributed by atoms with Crippen molar-refractivity contribution in [1.29, 1.82) is 0 Å². The number of carbonyl (C=O) groups excluding carboxylic acids is 2. The Kier molecular flexibility index (Phi) is 6.93. The Morgan fingerprint density at radius 3 is 2.64 bits per heavy atom. The summed E-state index contributed by atoms with van der Waals surface area (Å²) in [4.78, 5) is 32.0. The largest absolute Gasteiger partial charge is 0.441 e. The van der Waals surface area contributed by atoms with Crippen LogP contribution in [0.15, 0.2) is 28.8 Å². The van der Waals surface area contributed by atoms with Gasteiger partial charge in [-0.05, 0) is 18.2 Å². The molecule has 1 fully saturated rings. The number of hydrogen-bond donors (Lipinski definition) is 1. The van der Waals surface area contributed by atoms with Crippen LogP contribution in [0.4, 0.5) is 0 Å². The number of amides is 2. The number of rotatable bonds is 6. The minimum absolute atomic E-state index is 0.0136. The number of hydrogen-bond acceptors (Lipinski definition) is 5. The zero-order valence-electron chi connectivity index (χ0n) is 15.6. The number of oxazole rings is 1. The van der Waals surface area contributed by atoms with Crippen molar-refractivity contribution >= 4 is 35.0 Å². The van der Waals surface area contributed by atoms with E-state index in [2.05, 4.69) is 10.3 Å². The van der Waals surface area contributed by atoms with E-state index in [1.165, 1.54) is 0 Å². The number of aryl methyl sites for hydroxylation is 1. The zero-order valence-corrected chi connectivity index (χ0v) is 17.1. The van der Waals surface area contributed by atoms with Crippen LogP contribution < -0.4 is 5.32 Å². The molecule has 2 heterocycles. The van der Waals surface area contributed by atoms with E-state index >= 15 is 0 Å². The summed E-state index contributed by atoms with van der Waals surface area (Å²) in [5.74, 6) is 1.09. The summed E-state index contributed by atoms with van der Waals surface area (Å²) in [6.07, 6.45) is 2.35. The topological polar surface area (TPSA) is 78.7 Å². The van der Waals surface area contributed by atoms with Gasteiger partial charge in [-0.2, -0.15) is 0 Å². The molecular weight excluding hydrogens is 403 g/mol. The summed E-state index contributed by atoms with van der Waals surface area (Å²) in [6.45, 7) is 2.99. The van der Waals surface area contributed by atoms with E-state index in [1.807, 2.05) is 9.80 Å². The average Bonchev–Trinajstić information content (AvgIpc) is 3.15. The lowest BCUT2D eigenvalue weighted by Gasteiger charge is -2.34. The molecule has 1 aliphatic heterocycles. The fourth-order valence-corrected chi connectivity index (χ4v) is 3.55. The molecule has 0 radical (unpaired) electrons. The Labute approximate surface area is 173 Å². The summed E-state index contributed by atoms with van der Waals surface area (Å²) >= 11 is 12.1. The maximum absolute atomic E-state index is 12.4. The van der Waals surface area contributed by atoms with Crippen LogP contribution in [0, 0.1) is 0 Å². The van der Waals surface area contributed by atoms with Gasteiger partial charge in [0, 0.05) is 56.7 Å². The van der Waals surface area contributed by atoms with E-state index in [4.69, 9.17) is 27.6 Å². The van der Waals surface area contributed by atoms with Crippen molar-refractivity contribution in [2.45, 2.75) is 12.8 Å². The number of aromatic nitrogens is 1. The van der Waals surface area contributed by atoms with Crippen LogP contribution in [-0.2, 0) is 16.0 Å². The molecule has 2 amide bonds. The molecule has 1 aromatic carbocycles. The Hall–Kier alpha value is -2.09. The SMILES string of the molecule is CNC(=O)CN1CCN(C(=O)CCc2ncc(-c3ccc(Cl)cc3Cl)o2)CC1. The van der Waals surface area contributed by atoms with Crippen molar-refractivity contribution < 1.29 is 14.0 Å². The molecule has 1 aliphatic rings. The van der Waals surface area contributed by atoms with E-state index in [0.29, 0.717) is 72.8 Å². The van der Waals surface area contributed by atoms with Crippen molar-refractivity contribution in [2.24, 2.45) is 0 Å². The summed E-state index contributed by atoms with van der Waals surface area (Å²) in [6, 6.07) is 5.16. The van der Waals surface area contributed by atoms with Gasteiger partial charge in [-0.15, -0.1) is 0 Å². The van der Waals surface area contributed by atoms with E-state index in [-0.39, 0.29) is 11.8 Å². The predicted octanol–water partition coefficient (Wildman–Crippen LogP) is 2.47. The molecule has 28 heavy (non-hydrogen) atoms. The van der Waals surface area contributed by atoms with Crippen LogP contribution in [0.2, 0.25) is 10.0 Å². The first-order valence-electron chi connectivity index (χ1n) is 9.07. The molecule has 0 saturated carbocycles. The molecule has 0 atom stereocenters. The van der Waals surface area contributed by atoms with Crippen LogP contribution in [-0.4, -0.2) is 66.4 Å². The first-order chi connectivity index (χ1) is 13.5.